The summed E-state index contributed by atoms with van der Waals surface area (Å²) in [4.78, 5) is 3.85. The molecule has 4 N–H and O–H groups in total. The van der Waals surface area contributed by atoms with E-state index in [1.165, 1.54) is 0 Å². The number of azo groups is 1. The number of nitrogen functional groups attached to an aromatic ring is 2. The Bertz CT molecular complexity index is 507. The summed E-state index contributed by atoms with van der Waals surface area (Å²) >= 11 is 0. The Labute approximate surface area is 92.8 Å². The van der Waals surface area contributed by atoms with E-state index >= 15 is 0 Å². The summed E-state index contributed by atoms with van der Waals surface area (Å²) in [5.41, 5.74) is 12.9. The van der Waals surface area contributed by atoms with Gasteiger partial charge in [0.15, 0.2) is 0 Å². The SMILES string of the molecule is Nc1nccc(/N=N/c2ccccc2)c1N. The standard InChI is InChI=1S/C11H11N5/c12-10-9(6-7-14-11(10)13)16-15-8-4-2-1-3-5-8/h1-7H,12H2,(H2,13,14)/b16-15+. The van der Waals surface area contributed by atoms with E-state index < -0.39 is 0 Å². The second-order valence-electron chi connectivity index (χ2n) is 3.16. The summed E-state index contributed by atoms with van der Waals surface area (Å²) in [5, 5.41) is 8.06. The fourth-order valence-electron chi connectivity index (χ4n) is 1.17. The number of aromatic nitrogens is 1. The molecule has 5 heteroatoms. The molecular formula is C11H11N5. The molecule has 1 heterocycles. The second-order valence-corrected chi connectivity index (χ2v) is 3.16. The Morgan fingerprint density at radius 1 is 0.938 bits per heavy atom. The Kier molecular flexibility index (Phi) is 2.77. The van der Waals surface area contributed by atoms with Crippen molar-refractivity contribution in [3.8, 4) is 0 Å². The van der Waals surface area contributed by atoms with Crippen molar-refractivity contribution in [1.82, 2.24) is 4.98 Å². The summed E-state index contributed by atoms with van der Waals surface area (Å²) in [6.45, 7) is 0. The van der Waals surface area contributed by atoms with Crippen LogP contribution in [0, 0.1) is 0 Å². The molecule has 0 amide bonds. The third-order valence-electron chi connectivity index (χ3n) is 2.03. The molecular weight excluding hydrogens is 202 g/mol. The summed E-state index contributed by atoms with van der Waals surface area (Å²) in [7, 11) is 0. The first kappa shape index (κ1) is 10.1. The molecule has 0 aliphatic rings. The van der Waals surface area contributed by atoms with Crippen LogP contribution in [0.5, 0.6) is 0 Å². The van der Waals surface area contributed by atoms with E-state index in [1.807, 2.05) is 30.3 Å². The molecule has 0 fully saturated rings. The van der Waals surface area contributed by atoms with Crippen molar-refractivity contribution in [3.05, 3.63) is 42.6 Å². The molecule has 0 bridgehead atoms. The lowest BCUT2D eigenvalue weighted by Gasteiger charge is -2.00. The van der Waals surface area contributed by atoms with Crippen LogP contribution in [0.25, 0.3) is 0 Å². The van der Waals surface area contributed by atoms with Crippen LogP contribution >= 0.6 is 0 Å². The van der Waals surface area contributed by atoms with Crippen LogP contribution in [0.3, 0.4) is 0 Å². The van der Waals surface area contributed by atoms with Crippen LogP contribution in [-0.2, 0) is 0 Å². The molecule has 0 aliphatic heterocycles. The Balaban J connectivity index is 2.28. The predicted octanol–water partition coefficient (Wildman–Crippen LogP) is 2.66. The van der Waals surface area contributed by atoms with Gasteiger partial charge >= 0.3 is 0 Å². The molecule has 0 saturated heterocycles. The van der Waals surface area contributed by atoms with E-state index in [0.29, 0.717) is 11.4 Å². The zero-order valence-electron chi connectivity index (χ0n) is 8.54. The zero-order valence-corrected chi connectivity index (χ0v) is 8.54. The molecule has 1 aromatic carbocycles. The maximum Gasteiger partial charge on any atom is 0.148 e. The van der Waals surface area contributed by atoms with Gasteiger partial charge in [-0.25, -0.2) is 4.98 Å². The summed E-state index contributed by atoms with van der Waals surface area (Å²) < 4.78 is 0. The molecule has 0 spiro atoms. The third-order valence-corrected chi connectivity index (χ3v) is 2.03. The van der Waals surface area contributed by atoms with E-state index in [1.54, 1.807) is 12.3 Å². The first-order valence-corrected chi connectivity index (χ1v) is 4.74. The molecule has 1 aromatic heterocycles. The molecule has 2 rings (SSSR count). The van der Waals surface area contributed by atoms with Crippen LogP contribution in [-0.4, -0.2) is 4.98 Å². The minimum absolute atomic E-state index is 0.268. The number of nitrogens with two attached hydrogens (primary N) is 2. The number of anilines is 2. The molecule has 5 nitrogen and oxygen atoms in total. The van der Waals surface area contributed by atoms with Crippen molar-refractivity contribution in [2.45, 2.75) is 0 Å². The lowest BCUT2D eigenvalue weighted by atomic mass is 10.3. The fourth-order valence-corrected chi connectivity index (χ4v) is 1.17. The van der Waals surface area contributed by atoms with Gasteiger partial charge < -0.3 is 11.5 Å². The fraction of sp³-hybridized carbons (Fsp3) is 0. The molecule has 0 radical (unpaired) electrons. The number of rotatable bonds is 2. The normalized spacial score (nSPS) is 10.8. The van der Waals surface area contributed by atoms with Gasteiger partial charge in [-0.3, -0.25) is 0 Å². The van der Waals surface area contributed by atoms with Crippen molar-refractivity contribution >= 4 is 22.9 Å². The smallest absolute Gasteiger partial charge is 0.148 e. The molecule has 0 atom stereocenters. The van der Waals surface area contributed by atoms with Gasteiger partial charge in [0.05, 0.1) is 5.69 Å². The minimum atomic E-state index is 0.268. The molecule has 80 valence electrons. The summed E-state index contributed by atoms with van der Waals surface area (Å²) in [6, 6.07) is 11.1. The first-order valence-electron chi connectivity index (χ1n) is 4.74. The van der Waals surface area contributed by atoms with Crippen molar-refractivity contribution < 1.29 is 0 Å². The third kappa shape index (κ3) is 2.14. The Hall–Kier alpha value is -2.43. The van der Waals surface area contributed by atoms with Crippen molar-refractivity contribution in [3.63, 3.8) is 0 Å². The largest absolute Gasteiger partial charge is 0.394 e. The van der Waals surface area contributed by atoms with Crippen LogP contribution < -0.4 is 11.5 Å². The van der Waals surface area contributed by atoms with Crippen LogP contribution in [0.15, 0.2) is 52.8 Å². The summed E-state index contributed by atoms with van der Waals surface area (Å²) in [5.74, 6) is 0.268. The number of hydrogen-bond donors (Lipinski definition) is 2. The highest BCUT2D eigenvalue weighted by Crippen LogP contribution is 2.26. The topological polar surface area (TPSA) is 89.6 Å². The van der Waals surface area contributed by atoms with Crippen molar-refractivity contribution in [2.75, 3.05) is 11.5 Å². The molecule has 0 aliphatic carbocycles. The maximum absolute atomic E-state index is 5.71. The average Bonchev–Trinajstić information content (AvgIpc) is 2.32. The van der Waals surface area contributed by atoms with Gasteiger partial charge in [-0.2, -0.15) is 5.11 Å². The van der Waals surface area contributed by atoms with Gasteiger partial charge in [0.1, 0.15) is 17.2 Å². The van der Waals surface area contributed by atoms with Crippen LogP contribution in [0.2, 0.25) is 0 Å². The van der Waals surface area contributed by atoms with Crippen molar-refractivity contribution in [1.29, 1.82) is 0 Å². The van der Waals surface area contributed by atoms with E-state index in [2.05, 4.69) is 15.2 Å². The number of benzene rings is 1. The first-order chi connectivity index (χ1) is 7.77. The maximum atomic E-state index is 5.71. The lowest BCUT2D eigenvalue weighted by Crippen LogP contribution is -1.96. The van der Waals surface area contributed by atoms with Crippen LogP contribution in [0.4, 0.5) is 22.9 Å². The summed E-state index contributed by atoms with van der Waals surface area (Å²) in [6.07, 6.45) is 1.55. The van der Waals surface area contributed by atoms with E-state index in [-0.39, 0.29) is 5.82 Å². The van der Waals surface area contributed by atoms with Gasteiger partial charge in [0.2, 0.25) is 0 Å². The molecule has 0 saturated carbocycles. The quantitative estimate of drug-likeness (QED) is 0.751. The Morgan fingerprint density at radius 3 is 2.44 bits per heavy atom. The number of hydrogen-bond acceptors (Lipinski definition) is 5. The van der Waals surface area contributed by atoms with Gasteiger partial charge in [-0.15, -0.1) is 5.11 Å². The van der Waals surface area contributed by atoms with Crippen LogP contribution in [0.1, 0.15) is 0 Å². The Morgan fingerprint density at radius 2 is 1.69 bits per heavy atom. The average molecular weight is 213 g/mol. The molecule has 2 aromatic rings. The predicted molar refractivity (Wildman–Crippen MR) is 63.7 cm³/mol. The zero-order chi connectivity index (χ0) is 11.4. The highest BCUT2D eigenvalue weighted by molar-refractivity contribution is 5.72. The lowest BCUT2D eigenvalue weighted by molar-refractivity contribution is 1.21. The van der Waals surface area contributed by atoms with E-state index in [9.17, 15) is 0 Å². The highest BCUT2D eigenvalue weighted by Gasteiger charge is 2.01. The second kappa shape index (κ2) is 4.39. The minimum Gasteiger partial charge on any atom is -0.394 e. The highest BCUT2D eigenvalue weighted by atomic mass is 15.1. The van der Waals surface area contributed by atoms with Crippen molar-refractivity contribution in [2.24, 2.45) is 10.2 Å². The van der Waals surface area contributed by atoms with Gasteiger partial charge in [-0.1, -0.05) is 18.2 Å². The van der Waals surface area contributed by atoms with Gasteiger partial charge in [0, 0.05) is 6.20 Å². The molecule has 0 unspecified atom stereocenters. The van der Waals surface area contributed by atoms with E-state index in [4.69, 9.17) is 11.5 Å². The van der Waals surface area contributed by atoms with Gasteiger partial charge in [0.25, 0.3) is 0 Å². The van der Waals surface area contributed by atoms with E-state index in [0.717, 1.165) is 5.69 Å². The number of nitrogens with zero attached hydrogens (tertiary/aromatic N) is 3. The number of pyridine rings is 1. The molecule has 16 heavy (non-hydrogen) atoms. The van der Waals surface area contributed by atoms with Gasteiger partial charge in [-0.05, 0) is 18.2 Å². The monoisotopic (exact) mass is 213 g/mol.